The number of benzene rings is 1. The highest BCUT2D eigenvalue weighted by atomic mass is 19.1. The van der Waals surface area contributed by atoms with Gasteiger partial charge in [0.05, 0.1) is 5.69 Å². The summed E-state index contributed by atoms with van der Waals surface area (Å²) in [6.45, 7) is 8.23. The molecule has 2 rings (SSSR count). The van der Waals surface area contributed by atoms with Crippen molar-refractivity contribution in [1.29, 1.82) is 0 Å². The van der Waals surface area contributed by atoms with Crippen molar-refractivity contribution >= 4 is 0 Å². The van der Waals surface area contributed by atoms with Gasteiger partial charge in [0.2, 0.25) is 0 Å². The maximum atomic E-state index is 14.0. The molecule has 0 fully saturated rings. The zero-order valence-corrected chi connectivity index (χ0v) is 11.7. The third-order valence-corrected chi connectivity index (χ3v) is 2.88. The number of aryl methyl sites for hydroxylation is 2. The van der Waals surface area contributed by atoms with Gasteiger partial charge in [0, 0.05) is 18.2 Å². The Hall–Kier alpha value is -1.75. The van der Waals surface area contributed by atoms with Crippen LogP contribution >= 0.6 is 0 Å². The van der Waals surface area contributed by atoms with E-state index in [0.29, 0.717) is 24.0 Å². The van der Waals surface area contributed by atoms with Crippen LogP contribution in [-0.2, 0) is 6.54 Å². The van der Waals surface area contributed by atoms with E-state index >= 15 is 0 Å². The lowest BCUT2D eigenvalue weighted by Crippen LogP contribution is -2.23. The fourth-order valence-corrected chi connectivity index (χ4v) is 1.98. The van der Waals surface area contributed by atoms with E-state index in [0.717, 1.165) is 11.5 Å². The van der Waals surface area contributed by atoms with Gasteiger partial charge in [0.25, 0.3) is 0 Å². The van der Waals surface area contributed by atoms with Crippen molar-refractivity contribution in [1.82, 2.24) is 20.1 Å². The van der Waals surface area contributed by atoms with Crippen molar-refractivity contribution < 1.29 is 4.39 Å². The van der Waals surface area contributed by atoms with Crippen LogP contribution < -0.4 is 5.32 Å². The summed E-state index contributed by atoms with van der Waals surface area (Å²) in [5.74, 6) is 1.22. The van der Waals surface area contributed by atoms with Gasteiger partial charge in [-0.2, -0.15) is 5.10 Å². The highest BCUT2D eigenvalue weighted by molar-refractivity contribution is 5.41. The van der Waals surface area contributed by atoms with Crippen molar-refractivity contribution in [3.8, 4) is 5.69 Å². The summed E-state index contributed by atoms with van der Waals surface area (Å²) >= 11 is 0. The molecule has 1 N–H and O–H groups in total. The highest BCUT2D eigenvalue weighted by Crippen LogP contribution is 2.19. The minimum atomic E-state index is -0.224. The fourth-order valence-electron chi connectivity index (χ4n) is 1.98. The maximum Gasteiger partial charge on any atom is 0.148 e. The molecular formula is C14H19FN4. The van der Waals surface area contributed by atoms with E-state index < -0.39 is 0 Å². The lowest BCUT2D eigenvalue weighted by Gasteiger charge is -2.14. The Bertz CT molecular complexity index is 575. The largest absolute Gasteiger partial charge is 0.310 e. The lowest BCUT2D eigenvalue weighted by molar-refractivity contribution is 0.549. The number of hydrogen-bond donors (Lipinski definition) is 1. The van der Waals surface area contributed by atoms with Gasteiger partial charge in [-0.1, -0.05) is 19.9 Å². The molecule has 0 spiro atoms. The molecule has 0 bridgehead atoms. The van der Waals surface area contributed by atoms with Crippen LogP contribution in [0, 0.1) is 19.7 Å². The highest BCUT2D eigenvalue weighted by Gasteiger charge is 2.13. The molecule has 1 aromatic heterocycles. The maximum absolute atomic E-state index is 14.0. The smallest absolute Gasteiger partial charge is 0.148 e. The number of rotatable bonds is 4. The Morgan fingerprint density at radius 2 is 2.05 bits per heavy atom. The second-order valence-corrected chi connectivity index (χ2v) is 4.89. The fraction of sp³-hybridized carbons (Fsp3) is 0.429. The SMILES string of the molecule is Cc1nc(C)n(-c2cccc(F)c2CNC(C)C)n1. The van der Waals surface area contributed by atoms with E-state index in [-0.39, 0.29) is 5.82 Å². The third kappa shape index (κ3) is 2.98. The normalized spacial score (nSPS) is 11.3. The summed E-state index contributed by atoms with van der Waals surface area (Å²) in [5.41, 5.74) is 1.36. The first-order chi connectivity index (χ1) is 8.99. The monoisotopic (exact) mass is 262 g/mol. The second kappa shape index (κ2) is 5.48. The molecule has 1 heterocycles. The molecular weight excluding hydrogens is 243 g/mol. The van der Waals surface area contributed by atoms with Gasteiger partial charge in [-0.05, 0) is 26.0 Å². The third-order valence-electron chi connectivity index (χ3n) is 2.88. The zero-order valence-electron chi connectivity index (χ0n) is 11.7. The van der Waals surface area contributed by atoms with Gasteiger partial charge in [0.1, 0.15) is 17.5 Å². The van der Waals surface area contributed by atoms with E-state index in [4.69, 9.17) is 0 Å². The molecule has 1 aromatic carbocycles. The first kappa shape index (κ1) is 13.7. The molecule has 0 radical (unpaired) electrons. The first-order valence-corrected chi connectivity index (χ1v) is 6.40. The summed E-state index contributed by atoms with van der Waals surface area (Å²) in [6, 6.07) is 5.33. The van der Waals surface area contributed by atoms with Crippen molar-refractivity contribution in [3.05, 3.63) is 41.2 Å². The quantitative estimate of drug-likeness (QED) is 0.920. The Morgan fingerprint density at radius 1 is 1.32 bits per heavy atom. The molecule has 0 saturated carbocycles. The predicted octanol–water partition coefficient (Wildman–Crippen LogP) is 2.52. The predicted molar refractivity (Wildman–Crippen MR) is 72.8 cm³/mol. The average molecular weight is 262 g/mol. The number of aromatic nitrogens is 3. The first-order valence-electron chi connectivity index (χ1n) is 6.40. The van der Waals surface area contributed by atoms with Crippen molar-refractivity contribution in [3.63, 3.8) is 0 Å². The van der Waals surface area contributed by atoms with Crippen molar-refractivity contribution in [2.24, 2.45) is 0 Å². The van der Waals surface area contributed by atoms with Gasteiger partial charge >= 0.3 is 0 Å². The van der Waals surface area contributed by atoms with Gasteiger partial charge in [-0.25, -0.2) is 14.1 Å². The Labute approximate surface area is 112 Å². The summed E-state index contributed by atoms with van der Waals surface area (Å²) in [5, 5.41) is 7.56. The molecule has 0 unspecified atom stereocenters. The van der Waals surface area contributed by atoms with Crippen LogP contribution in [0.3, 0.4) is 0 Å². The summed E-state index contributed by atoms with van der Waals surface area (Å²) in [6.07, 6.45) is 0. The summed E-state index contributed by atoms with van der Waals surface area (Å²) in [4.78, 5) is 4.26. The Balaban J connectivity index is 2.45. The van der Waals surface area contributed by atoms with Crippen LogP contribution in [-0.4, -0.2) is 20.8 Å². The van der Waals surface area contributed by atoms with E-state index in [1.54, 1.807) is 10.7 Å². The van der Waals surface area contributed by atoms with Gasteiger partial charge in [-0.15, -0.1) is 0 Å². The summed E-state index contributed by atoms with van der Waals surface area (Å²) < 4.78 is 15.7. The van der Waals surface area contributed by atoms with Crippen LogP contribution in [0.1, 0.15) is 31.1 Å². The van der Waals surface area contributed by atoms with Gasteiger partial charge in [-0.3, -0.25) is 0 Å². The molecule has 5 heteroatoms. The minimum absolute atomic E-state index is 0.224. The summed E-state index contributed by atoms with van der Waals surface area (Å²) in [7, 11) is 0. The van der Waals surface area contributed by atoms with Gasteiger partial charge < -0.3 is 5.32 Å². The minimum Gasteiger partial charge on any atom is -0.310 e. The molecule has 0 aliphatic rings. The van der Waals surface area contributed by atoms with Crippen molar-refractivity contribution in [2.45, 2.75) is 40.3 Å². The van der Waals surface area contributed by atoms with Crippen LogP contribution in [0.5, 0.6) is 0 Å². The van der Waals surface area contributed by atoms with Crippen LogP contribution in [0.15, 0.2) is 18.2 Å². The molecule has 4 nitrogen and oxygen atoms in total. The molecule has 2 aromatic rings. The van der Waals surface area contributed by atoms with Crippen molar-refractivity contribution in [2.75, 3.05) is 0 Å². The number of halogens is 1. The molecule has 0 aliphatic heterocycles. The Kier molecular flexibility index (Phi) is 3.95. The van der Waals surface area contributed by atoms with E-state index in [1.807, 2.05) is 33.8 Å². The van der Waals surface area contributed by atoms with Crippen LogP contribution in [0.2, 0.25) is 0 Å². The number of nitrogens with zero attached hydrogens (tertiary/aromatic N) is 3. The van der Waals surface area contributed by atoms with Gasteiger partial charge in [0.15, 0.2) is 0 Å². The Morgan fingerprint density at radius 3 is 2.63 bits per heavy atom. The number of nitrogens with one attached hydrogen (secondary N) is 1. The topological polar surface area (TPSA) is 42.7 Å². The van der Waals surface area contributed by atoms with Crippen LogP contribution in [0.25, 0.3) is 5.69 Å². The molecule has 19 heavy (non-hydrogen) atoms. The standard InChI is InChI=1S/C14H19FN4/c1-9(2)16-8-12-13(15)6-5-7-14(12)19-11(4)17-10(3)18-19/h5-7,9,16H,8H2,1-4H3. The number of hydrogen-bond acceptors (Lipinski definition) is 3. The molecule has 0 amide bonds. The van der Waals surface area contributed by atoms with Crippen LogP contribution in [0.4, 0.5) is 4.39 Å². The van der Waals surface area contributed by atoms with E-state index in [2.05, 4.69) is 15.4 Å². The zero-order chi connectivity index (χ0) is 14.0. The molecule has 0 saturated heterocycles. The lowest BCUT2D eigenvalue weighted by atomic mass is 10.1. The molecule has 0 atom stereocenters. The van der Waals surface area contributed by atoms with E-state index in [9.17, 15) is 4.39 Å². The van der Waals surface area contributed by atoms with E-state index in [1.165, 1.54) is 6.07 Å². The molecule has 102 valence electrons. The average Bonchev–Trinajstić information content (AvgIpc) is 2.66. The molecule has 0 aliphatic carbocycles. The second-order valence-electron chi connectivity index (χ2n) is 4.89.